The Hall–Kier alpha value is -1.78. The van der Waals surface area contributed by atoms with Crippen molar-refractivity contribution >= 4 is 37.7 Å². The first kappa shape index (κ1) is 20.0. The van der Waals surface area contributed by atoms with Crippen LogP contribution in [0.25, 0.3) is 0 Å². The number of anilines is 1. The zero-order chi connectivity index (χ0) is 19.6. The molecule has 1 aromatic heterocycles. The van der Waals surface area contributed by atoms with Crippen molar-refractivity contribution in [3.63, 3.8) is 0 Å². The summed E-state index contributed by atoms with van der Waals surface area (Å²) in [4.78, 5) is 12.5. The molecular formula is C17H20BrFN4O3S. The van der Waals surface area contributed by atoms with E-state index < -0.39 is 10.0 Å². The van der Waals surface area contributed by atoms with Crippen LogP contribution in [-0.4, -0.2) is 47.8 Å². The van der Waals surface area contributed by atoms with E-state index in [2.05, 4.69) is 26.3 Å². The Morgan fingerprint density at radius 2 is 1.93 bits per heavy atom. The maximum absolute atomic E-state index is 13.0. The van der Waals surface area contributed by atoms with Gasteiger partial charge in [-0.25, -0.2) is 17.1 Å². The van der Waals surface area contributed by atoms with Crippen molar-refractivity contribution in [3.05, 3.63) is 46.3 Å². The van der Waals surface area contributed by atoms with Crippen LogP contribution in [0.2, 0.25) is 0 Å². The number of halogens is 2. The Labute approximate surface area is 165 Å². The molecule has 0 bridgehead atoms. The van der Waals surface area contributed by atoms with Crippen LogP contribution < -0.4 is 5.32 Å². The van der Waals surface area contributed by atoms with Gasteiger partial charge in [0.2, 0.25) is 15.9 Å². The second-order valence-corrected chi connectivity index (χ2v) is 9.41. The fourth-order valence-electron chi connectivity index (χ4n) is 3.01. The predicted molar refractivity (Wildman–Crippen MR) is 103 cm³/mol. The highest BCUT2D eigenvalue weighted by atomic mass is 79.9. The van der Waals surface area contributed by atoms with E-state index in [1.807, 2.05) is 0 Å². The molecule has 1 amide bonds. The summed E-state index contributed by atoms with van der Waals surface area (Å²) in [5, 5.41) is 7.16. The van der Waals surface area contributed by atoms with E-state index in [4.69, 9.17) is 0 Å². The number of benzene rings is 1. The number of rotatable bonds is 5. The van der Waals surface area contributed by atoms with E-state index in [0.717, 1.165) is 5.56 Å². The van der Waals surface area contributed by atoms with Gasteiger partial charge in [-0.3, -0.25) is 9.48 Å². The summed E-state index contributed by atoms with van der Waals surface area (Å²) < 4.78 is 39.8. The molecule has 3 rings (SSSR count). The van der Waals surface area contributed by atoms with Crippen LogP contribution in [0.5, 0.6) is 0 Å². The molecule has 10 heteroatoms. The van der Waals surface area contributed by atoms with E-state index in [-0.39, 0.29) is 17.6 Å². The van der Waals surface area contributed by atoms with Crippen LogP contribution in [0, 0.1) is 11.7 Å². The average Bonchev–Trinajstić information content (AvgIpc) is 2.95. The normalized spacial score (nSPS) is 16.4. The van der Waals surface area contributed by atoms with E-state index in [0.29, 0.717) is 42.8 Å². The molecule has 1 aromatic carbocycles. The Bertz CT molecular complexity index is 922. The van der Waals surface area contributed by atoms with E-state index in [1.165, 1.54) is 22.7 Å². The van der Waals surface area contributed by atoms with Gasteiger partial charge in [0, 0.05) is 25.2 Å². The molecule has 1 aliphatic heterocycles. The summed E-state index contributed by atoms with van der Waals surface area (Å²) in [6.07, 6.45) is 3.88. The molecule has 7 nitrogen and oxygen atoms in total. The maximum atomic E-state index is 13.0. The minimum absolute atomic E-state index is 0.170. The summed E-state index contributed by atoms with van der Waals surface area (Å²) in [5.74, 6) is -0.309. The van der Waals surface area contributed by atoms with Crippen LogP contribution >= 0.6 is 15.9 Å². The molecule has 2 heterocycles. The molecule has 1 saturated heterocycles. The molecule has 27 heavy (non-hydrogen) atoms. The lowest BCUT2D eigenvalue weighted by Crippen LogP contribution is -2.40. The fraction of sp³-hybridized carbons (Fsp3) is 0.412. The first-order chi connectivity index (χ1) is 12.7. The number of nitrogens with one attached hydrogen (secondary N) is 1. The number of aromatic nitrogens is 2. The minimum Gasteiger partial charge on any atom is -0.308 e. The van der Waals surface area contributed by atoms with Crippen LogP contribution in [0.3, 0.4) is 0 Å². The number of amides is 1. The Balaban J connectivity index is 1.60. The van der Waals surface area contributed by atoms with Crippen molar-refractivity contribution in [1.82, 2.24) is 14.1 Å². The lowest BCUT2D eigenvalue weighted by atomic mass is 9.97. The quantitative estimate of drug-likeness (QED) is 0.745. The average molecular weight is 459 g/mol. The van der Waals surface area contributed by atoms with Gasteiger partial charge in [-0.2, -0.15) is 5.10 Å². The number of sulfonamides is 1. The lowest BCUT2D eigenvalue weighted by Gasteiger charge is -2.29. The van der Waals surface area contributed by atoms with E-state index in [1.54, 1.807) is 23.0 Å². The van der Waals surface area contributed by atoms with Gasteiger partial charge in [-0.1, -0.05) is 12.1 Å². The van der Waals surface area contributed by atoms with Crippen LogP contribution in [0.15, 0.2) is 34.9 Å². The monoisotopic (exact) mass is 458 g/mol. The number of nitrogens with zero attached hydrogens (tertiary/aromatic N) is 3. The summed E-state index contributed by atoms with van der Waals surface area (Å²) in [5.41, 5.74) is 0.887. The number of hydrogen-bond donors (Lipinski definition) is 1. The molecule has 0 radical (unpaired) electrons. The summed E-state index contributed by atoms with van der Waals surface area (Å²) >= 11 is 3.38. The second kappa shape index (κ2) is 8.07. The first-order valence-electron chi connectivity index (χ1n) is 8.46. The molecule has 1 fully saturated rings. The smallest absolute Gasteiger partial charge is 0.228 e. The van der Waals surface area contributed by atoms with Gasteiger partial charge in [0.15, 0.2) is 5.82 Å². The fourth-order valence-corrected chi connectivity index (χ4v) is 4.30. The Morgan fingerprint density at radius 1 is 1.30 bits per heavy atom. The lowest BCUT2D eigenvalue weighted by molar-refractivity contribution is -0.120. The van der Waals surface area contributed by atoms with Crippen molar-refractivity contribution < 1.29 is 17.6 Å². The van der Waals surface area contributed by atoms with Crippen molar-refractivity contribution in [1.29, 1.82) is 0 Å². The molecule has 0 aliphatic carbocycles. The SMILES string of the molecule is CS(=O)(=O)N1CCC(C(=O)Nc2nn(Cc3ccc(F)cc3)cc2Br)CC1. The van der Waals surface area contributed by atoms with Crippen LogP contribution in [0.1, 0.15) is 18.4 Å². The molecule has 1 N–H and O–H groups in total. The highest BCUT2D eigenvalue weighted by Gasteiger charge is 2.29. The van der Waals surface area contributed by atoms with Gasteiger partial charge in [0.1, 0.15) is 5.82 Å². The van der Waals surface area contributed by atoms with Gasteiger partial charge in [-0.05, 0) is 46.5 Å². The standard InChI is InChI=1S/C17H20BrFN4O3S/c1-27(25,26)23-8-6-13(7-9-23)17(24)20-16-15(18)11-22(21-16)10-12-2-4-14(19)5-3-12/h2-5,11,13H,6-10H2,1H3,(H,20,21,24). The predicted octanol–water partition coefficient (Wildman–Crippen LogP) is 2.44. The minimum atomic E-state index is -3.21. The van der Waals surface area contributed by atoms with Crippen molar-refractivity contribution in [2.75, 3.05) is 24.7 Å². The third-order valence-corrected chi connectivity index (χ3v) is 6.39. The molecule has 0 atom stereocenters. The van der Waals surface area contributed by atoms with Gasteiger partial charge < -0.3 is 5.32 Å². The summed E-state index contributed by atoms with van der Waals surface area (Å²) in [6.45, 7) is 1.13. The Morgan fingerprint density at radius 3 is 2.52 bits per heavy atom. The van der Waals surface area contributed by atoms with Crippen molar-refractivity contribution in [2.24, 2.45) is 5.92 Å². The molecule has 0 spiro atoms. The third-order valence-electron chi connectivity index (χ3n) is 4.51. The second-order valence-electron chi connectivity index (χ2n) is 6.58. The summed E-state index contributed by atoms with van der Waals surface area (Å²) in [7, 11) is -3.21. The number of carbonyl (C=O) groups is 1. The molecule has 0 saturated carbocycles. The van der Waals surface area contributed by atoms with Crippen LogP contribution in [-0.2, 0) is 21.4 Å². The zero-order valence-electron chi connectivity index (χ0n) is 14.7. The highest BCUT2D eigenvalue weighted by molar-refractivity contribution is 9.10. The largest absolute Gasteiger partial charge is 0.308 e. The molecule has 1 aliphatic rings. The topological polar surface area (TPSA) is 84.3 Å². The zero-order valence-corrected chi connectivity index (χ0v) is 17.1. The molecule has 0 unspecified atom stereocenters. The highest BCUT2D eigenvalue weighted by Crippen LogP contribution is 2.24. The molecular weight excluding hydrogens is 439 g/mol. The third kappa shape index (κ3) is 5.14. The van der Waals surface area contributed by atoms with E-state index >= 15 is 0 Å². The molecule has 2 aromatic rings. The number of piperidine rings is 1. The van der Waals surface area contributed by atoms with E-state index in [9.17, 15) is 17.6 Å². The van der Waals surface area contributed by atoms with Crippen molar-refractivity contribution in [3.8, 4) is 0 Å². The van der Waals surface area contributed by atoms with Crippen molar-refractivity contribution in [2.45, 2.75) is 19.4 Å². The van der Waals surface area contributed by atoms with Gasteiger partial charge in [0.25, 0.3) is 0 Å². The van der Waals surface area contributed by atoms with Gasteiger partial charge in [-0.15, -0.1) is 0 Å². The van der Waals surface area contributed by atoms with Crippen LogP contribution in [0.4, 0.5) is 10.2 Å². The van der Waals surface area contributed by atoms with Gasteiger partial charge in [0.05, 0.1) is 17.3 Å². The number of hydrogen-bond acceptors (Lipinski definition) is 4. The number of carbonyl (C=O) groups excluding carboxylic acids is 1. The summed E-state index contributed by atoms with van der Waals surface area (Å²) in [6, 6.07) is 6.14. The van der Waals surface area contributed by atoms with Gasteiger partial charge >= 0.3 is 0 Å². The maximum Gasteiger partial charge on any atom is 0.228 e. The first-order valence-corrected chi connectivity index (χ1v) is 11.1. The molecule has 146 valence electrons. The Kier molecular flexibility index (Phi) is 5.97.